The first-order valence-electron chi connectivity index (χ1n) is 6.27. The van der Waals surface area contributed by atoms with Gasteiger partial charge in [-0.2, -0.15) is 5.10 Å². The quantitative estimate of drug-likeness (QED) is 0.896. The molecule has 0 saturated heterocycles. The summed E-state index contributed by atoms with van der Waals surface area (Å²) in [6.45, 7) is 0.645. The number of halogens is 2. The van der Waals surface area contributed by atoms with Crippen LogP contribution in [-0.2, 0) is 13.1 Å². The fourth-order valence-corrected chi connectivity index (χ4v) is 1.86. The van der Waals surface area contributed by atoms with E-state index < -0.39 is 11.6 Å². The standard InChI is InChI=1S/C13H14F2N4/c14-11-2-1-3-12(15)10(11)7-19-8-17-13(18-19)6-16-9-4-5-9/h1-3,8-9,16H,4-7H2. The SMILES string of the molecule is Fc1cccc(F)c1Cn1cnc(CNC2CC2)n1. The van der Waals surface area contributed by atoms with Gasteiger partial charge in [0.1, 0.15) is 18.0 Å². The molecule has 1 saturated carbocycles. The van der Waals surface area contributed by atoms with Gasteiger partial charge in [-0.15, -0.1) is 0 Å². The molecule has 1 aliphatic rings. The van der Waals surface area contributed by atoms with E-state index in [2.05, 4.69) is 15.4 Å². The Kier molecular flexibility index (Phi) is 3.25. The first-order valence-corrected chi connectivity index (χ1v) is 6.27. The van der Waals surface area contributed by atoms with Crippen LogP contribution in [0.5, 0.6) is 0 Å². The lowest BCUT2D eigenvalue weighted by Crippen LogP contribution is -2.16. The summed E-state index contributed by atoms with van der Waals surface area (Å²) in [6.07, 6.45) is 3.89. The van der Waals surface area contributed by atoms with E-state index in [-0.39, 0.29) is 12.1 Å². The van der Waals surface area contributed by atoms with Crippen molar-refractivity contribution in [2.24, 2.45) is 0 Å². The normalized spacial score (nSPS) is 14.8. The topological polar surface area (TPSA) is 42.7 Å². The van der Waals surface area contributed by atoms with Crippen LogP contribution in [-0.4, -0.2) is 20.8 Å². The number of nitrogens with zero attached hydrogens (tertiary/aromatic N) is 3. The Balaban J connectivity index is 1.68. The summed E-state index contributed by atoms with van der Waals surface area (Å²) >= 11 is 0. The van der Waals surface area contributed by atoms with Crippen LogP contribution in [0.25, 0.3) is 0 Å². The molecule has 0 bridgehead atoms. The Hall–Kier alpha value is -1.82. The lowest BCUT2D eigenvalue weighted by molar-refractivity contribution is 0.530. The smallest absolute Gasteiger partial charge is 0.164 e. The number of aromatic nitrogens is 3. The lowest BCUT2D eigenvalue weighted by atomic mass is 10.2. The molecule has 0 amide bonds. The minimum absolute atomic E-state index is 0.00843. The van der Waals surface area contributed by atoms with E-state index in [1.165, 1.54) is 42.0 Å². The van der Waals surface area contributed by atoms with Gasteiger partial charge in [-0.1, -0.05) is 6.07 Å². The van der Waals surface area contributed by atoms with Crippen molar-refractivity contribution in [3.8, 4) is 0 Å². The van der Waals surface area contributed by atoms with E-state index in [0.717, 1.165) is 0 Å². The lowest BCUT2D eigenvalue weighted by Gasteiger charge is -2.04. The average molecular weight is 264 g/mol. The summed E-state index contributed by atoms with van der Waals surface area (Å²) in [5.41, 5.74) is 0.00843. The summed E-state index contributed by atoms with van der Waals surface area (Å²) in [4.78, 5) is 4.12. The van der Waals surface area contributed by atoms with E-state index in [9.17, 15) is 8.78 Å². The fraction of sp³-hybridized carbons (Fsp3) is 0.385. The maximum Gasteiger partial charge on any atom is 0.164 e. The second kappa shape index (κ2) is 5.05. The van der Waals surface area contributed by atoms with Crippen molar-refractivity contribution in [1.82, 2.24) is 20.1 Å². The molecule has 0 atom stereocenters. The number of nitrogens with one attached hydrogen (secondary N) is 1. The number of benzene rings is 1. The van der Waals surface area contributed by atoms with Gasteiger partial charge in [-0.05, 0) is 25.0 Å². The molecule has 1 fully saturated rings. The molecule has 6 heteroatoms. The molecule has 1 aromatic heterocycles. The number of hydrogen-bond acceptors (Lipinski definition) is 3. The molecule has 4 nitrogen and oxygen atoms in total. The highest BCUT2D eigenvalue weighted by Crippen LogP contribution is 2.18. The first kappa shape index (κ1) is 12.2. The van der Waals surface area contributed by atoms with Crippen molar-refractivity contribution in [3.63, 3.8) is 0 Å². The zero-order chi connectivity index (χ0) is 13.2. The van der Waals surface area contributed by atoms with Gasteiger partial charge in [0.25, 0.3) is 0 Å². The molecule has 0 spiro atoms. The Morgan fingerprint density at radius 3 is 2.68 bits per heavy atom. The molecule has 2 aromatic rings. The predicted octanol–water partition coefficient (Wildman–Crippen LogP) is 1.86. The van der Waals surface area contributed by atoms with E-state index in [1.54, 1.807) is 0 Å². The third kappa shape index (κ3) is 2.96. The fourth-order valence-electron chi connectivity index (χ4n) is 1.86. The Bertz CT molecular complexity index is 558. The van der Waals surface area contributed by atoms with Gasteiger partial charge in [0.05, 0.1) is 13.1 Å². The zero-order valence-electron chi connectivity index (χ0n) is 10.3. The molecule has 19 heavy (non-hydrogen) atoms. The highest BCUT2D eigenvalue weighted by molar-refractivity contribution is 5.19. The van der Waals surface area contributed by atoms with Gasteiger partial charge in [-0.3, -0.25) is 0 Å². The van der Waals surface area contributed by atoms with Crippen molar-refractivity contribution in [3.05, 3.63) is 47.5 Å². The highest BCUT2D eigenvalue weighted by Gasteiger charge is 2.20. The van der Waals surface area contributed by atoms with Crippen LogP contribution in [0.3, 0.4) is 0 Å². The van der Waals surface area contributed by atoms with Crippen LogP contribution < -0.4 is 5.32 Å². The van der Waals surface area contributed by atoms with Crippen LogP contribution in [0.15, 0.2) is 24.5 Å². The van der Waals surface area contributed by atoms with Gasteiger partial charge < -0.3 is 5.32 Å². The molecule has 0 unspecified atom stereocenters. The Morgan fingerprint density at radius 2 is 2.00 bits per heavy atom. The molecule has 1 aliphatic carbocycles. The molecular weight excluding hydrogens is 250 g/mol. The molecule has 1 N–H and O–H groups in total. The summed E-state index contributed by atoms with van der Waals surface area (Å²) in [7, 11) is 0. The van der Waals surface area contributed by atoms with Crippen molar-refractivity contribution >= 4 is 0 Å². The second-order valence-corrected chi connectivity index (χ2v) is 4.71. The molecule has 0 aliphatic heterocycles. The molecule has 3 rings (SSSR count). The third-order valence-electron chi connectivity index (χ3n) is 3.09. The minimum Gasteiger partial charge on any atom is -0.307 e. The van der Waals surface area contributed by atoms with E-state index >= 15 is 0 Å². The van der Waals surface area contributed by atoms with Crippen LogP contribution >= 0.6 is 0 Å². The molecule has 1 heterocycles. The largest absolute Gasteiger partial charge is 0.307 e. The zero-order valence-corrected chi connectivity index (χ0v) is 10.3. The van der Waals surface area contributed by atoms with Crippen LogP contribution in [0, 0.1) is 11.6 Å². The van der Waals surface area contributed by atoms with Gasteiger partial charge in [0, 0.05) is 11.6 Å². The first-order chi connectivity index (χ1) is 9.22. The molecular formula is C13H14F2N4. The van der Waals surface area contributed by atoms with Crippen LogP contribution in [0.2, 0.25) is 0 Å². The van der Waals surface area contributed by atoms with Gasteiger partial charge in [0.2, 0.25) is 0 Å². The van der Waals surface area contributed by atoms with Crippen LogP contribution in [0.1, 0.15) is 24.2 Å². The van der Waals surface area contributed by atoms with Crippen molar-refractivity contribution < 1.29 is 8.78 Å². The maximum atomic E-state index is 13.5. The van der Waals surface area contributed by atoms with E-state index in [4.69, 9.17) is 0 Å². The third-order valence-corrected chi connectivity index (χ3v) is 3.09. The van der Waals surface area contributed by atoms with Crippen molar-refractivity contribution in [1.29, 1.82) is 0 Å². The molecule has 100 valence electrons. The molecule has 1 aromatic carbocycles. The summed E-state index contributed by atoms with van der Waals surface area (Å²) in [6, 6.07) is 4.41. The van der Waals surface area contributed by atoms with Crippen molar-refractivity contribution in [2.45, 2.75) is 32.0 Å². The van der Waals surface area contributed by atoms with Crippen molar-refractivity contribution in [2.75, 3.05) is 0 Å². The number of rotatable bonds is 5. The average Bonchev–Trinajstić information content (AvgIpc) is 3.11. The number of hydrogen-bond donors (Lipinski definition) is 1. The molecule has 0 radical (unpaired) electrons. The van der Waals surface area contributed by atoms with Crippen LogP contribution in [0.4, 0.5) is 8.78 Å². The van der Waals surface area contributed by atoms with Gasteiger partial charge in [0.15, 0.2) is 5.82 Å². The van der Waals surface area contributed by atoms with E-state index in [1.807, 2.05) is 0 Å². The monoisotopic (exact) mass is 264 g/mol. The Labute approximate surface area is 109 Å². The minimum atomic E-state index is -0.562. The van der Waals surface area contributed by atoms with Gasteiger partial charge in [-0.25, -0.2) is 18.4 Å². The van der Waals surface area contributed by atoms with Gasteiger partial charge >= 0.3 is 0 Å². The van der Waals surface area contributed by atoms with E-state index in [0.29, 0.717) is 18.4 Å². The second-order valence-electron chi connectivity index (χ2n) is 4.71. The summed E-state index contributed by atoms with van der Waals surface area (Å²) in [5, 5.41) is 7.48. The maximum absolute atomic E-state index is 13.5. The summed E-state index contributed by atoms with van der Waals surface area (Å²) in [5.74, 6) is -0.482. The highest BCUT2D eigenvalue weighted by atomic mass is 19.1. The predicted molar refractivity (Wildman–Crippen MR) is 65.3 cm³/mol. The summed E-state index contributed by atoms with van der Waals surface area (Å²) < 4.78 is 28.4. The Morgan fingerprint density at radius 1 is 1.26 bits per heavy atom.